The summed E-state index contributed by atoms with van der Waals surface area (Å²) in [5.41, 5.74) is 15.6. The lowest BCUT2D eigenvalue weighted by molar-refractivity contribution is 0.636. The minimum absolute atomic E-state index is 0.380. The summed E-state index contributed by atoms with van der Waals surface area (Å²) in [5.74, 6) is 0. The van der Waals surface area contributed by atoms with Crippen LogP contribution in [0.5, 0.6) is 0 Å². The van der Waals surface area contributed by atoms with Crippen molar-refractivity contribution in [3.05, 3.63) is 189 Å². The zero-order valence-corrected chi connectivity index (χ0v) is 22.7. The van der Waals surface area contributed by atoms with Crippen molar-refractivity contribution in [1.82, 2.24) is 0 Å². The summed E-state index contributed by atoms with van der Waals surface area (Å²) >= 11 is 3.85. The molecule has 9 rings (SSSR count). The number of fused-ring (bicyclic) bond motifs is 12. The lowest BCUT2D eigenvalue weighted by Gasteiger charge is -2.48. The van der Waals surface area contributed by atoms with E-state index >= 15 is 0 Å². The molecule has 0 nitrogen and oxygen atoms in total. The van der Waals surface area contributed by atoms with E-state index in [2.05, 4.69) is 155 Å². The zero-order valence-electron chi connectivity index (χ0n) is 21.2. The van der Waals surface area contributed by atoms with Crippen LogP contribution in [0.25, 0.3) is 22.3 Å². The van der Waals surface area contributed by atoms with Crippen molar-refractivity contribution < 1.29 is 0 Å². The van der Waals surface area contributed by atoms with Gasteiger partial charge in [-0.25, -0.2) is 0 Å². The SMILES string of the molecule is Brc1ccc2c(c1)C1(c3ccccc3-2)c2ccccc2C2(c3ccccc3)c3ccccc3-c3cccc1c32. The van der Waals surface area contributed by atoms with E-state index in [0.29, 0.717) is 0 Å². The third kappa shape index (κ3) is 2.38. The highest BCUT2D eigenvalue weighted by molar-refractivity contribution is 9.10. The van der Waals surface area contributed by atoms with Crippen molar-refractivity contribution in [2.45, 2.75) is 10.8 Å². The molecule has 0 amide bonds. The fourth-order valence-corrected chi connectivity index (χ4v) is 8.57. The maximum Gasteiger partial charge on any atom is 0.0720 e. The Hall–Kier alpha value is -4.20. The van der Waals surface area contributed by atoms with Gasteiger partial charge in [-0.15, -0.1) is 0 Å². The summed E-state index contributed by atoms with van der Waals surface area (Å²) in [5, 5.41) is 0. The lowest BCUT2D eigenvalue weighted by Crippen LogP contribution is -2.43. The van der Waals surface area contributed by atoms with Crippen LogP contribution < -0.4 is 0 Å². The fourth-order valence-electron chi connectivity index (χ4n) is 8.21. The second-order valence-electron chi connectivity index (χ2n) is 10.9. The average Bonchev–Trinajstić information content (AvgIpc) is 3.46. The van der Waals surface area contributed by atoms with E-state index in [0.717, 1.165) is 4.47 Å². The van der Waals surface area contributed by atoms with Gasteiger partial charge in [-0.1, -0.05) is 143 Å². The molecule has 0 saturated heterocycles. The summed E-state index contributed by atoms with van der Waals surface area (Å²) in [4.78, 5) is 0. The molecular formula is C38H23Br. The molecule has 2 atom stereocenters. The molecule has 0 aliphatic heterocycles. The third-order valence-corrected chi connectivity index (χ3v) is 9.91. The Kier molecular flexibility index (Phi) is 4.15. The number of halogens is 1. The van der Waals surface area contributed by atoms with Gasteiger partial charge in [0.25, 0.3) is 0 Å². The molecular weight excluding hydrogens is 536 g/mol. The van der Waals surface area contributed by atoms with Crippen LogP contribution in [-0.4, -0.2) is 0 Å². The van der Waals surface area contributed by atoms with Crippen LogP contribution in [0.2, 0.25) is 0 Å². The van der Waals surface area contributed by atoms with Gasteiger partial charge in [0.2, 0.25) is 0 Å². The summed E-state index contributed by atoms with van der Waals surface area (Å²) in [7, 11) is 0. The van der Waals surface area contributed by atoms with Gasteiger partial charge in [0.1, 0.15) is 0 Å². The van der Waals surface area contributed by atoms with Crippen molar-refractivity contribution in [2.24, 2.45) is 0 Å². The van der Waals surface area contributed by atoms with Crippen LogP contribution >= 0.6 is 15.9 Å². The number of benzene rings is 6. The van der Waals surface area contributed by atoms with Crippen molar-refractivity contribution in [3.63, 3.8) is 0 Å². The molecule has 182 valence electrons. The first-order chi connectivity index (χ1) is 19.3. The quantitative estimate of drug-likeness (QED) is 0.188. The Morgan fingerprint density at radius 3 is 1.62 bits per heavy atom. The highest BCUT2D eigenvalue weighted by Gasteiger charge is 2.59. The van der Waals surface area contributed by atoms with E-state index in [1.165, 1.54) is 66.8 Å². The zero-order chi connectivity index (χ0) is 25.8. The summed E-state index contributed by atoms with van der Waals surface area (Å²) in [6.45, 7) is 0. The van der Waals surface area contributed by atoms with E-state index in [4.69, 9.17) is 0 Å². The van der Waals surface area contributed by atoms with Crippen LogP contribution in [-0.2, 0) is 10.8 Å². The first-order valence-corrected chi connectivity index (χ1v) is 14.4. The van der Waals surface area contributed by atoms with Gasteiger partial charge in [0.05, 0.1) is 10.8 Å². The molecule has 1 heteroatoms. The molecule has 3 aliphatic rings. The molecule has 39 heavy (non-hydrogen) atoms. The molecule has 0 radical (unpaired) electrons. The van der Waals surface area contributed by atoms with Crippen LogP contribution in [0, 0.1) is 0 Å². The topological polar surface area (TPSA) is 0 Å². The fraction of sp³-hybridized carbons (Fsp3) is 0.0526. The lowest BCUT2D eigenvalue weighted by atomic mass is 9.52. The molecule has 6 aromatic carbocycles. The average molecular weight is 560 g/mol. The maximum absolute atomic E-state index is 3.85. The van der Waals surface area contributed by atoms with Crippen LogP contribution in [0.15, 0.2) is 144 Å². The van der Waals surface area contributed by atoms with Crippen LogP contribution in [0.4, 0.5) is 0 Å². The molecule has 6 aromatic rings. The Morgan fingerprint density at radius 1 is 0.359 bits per heavy atom. The first kappa shape index (κ1) is 21.7. The van der Waals surface area contributed by atoms with Crippen molar-refractivity contribution in [1.29, 1.82) is 0 Å². The van der Waals surface area contributed by atoms with Crippen molar-refractivity contribution >= 4 is 15.9 Å². The molecule has 0 bridgehead atoms. The van der Waals surface area contributed by atoms with Gasteiger partial charge in [-0.05, 0) is 78.9 Å². The van der Waals surface area contributed by atoms with Gasteiger partial charge in [0.15, 0.2) is 0 Å². The van der Waals surface area contributed by atoms with Crippen LogP contribution in [0.1, 0.15) is 44.5 Å². The van der Waals surface area contributed by atoms with Gasteiger partial charge in [-0.2, -0.15) is 0 Å². The van der Waals surface area contributed by atoms with Crippen molar-refractivity contribution in [2.75, 3.05) is 0 Å². The second kappa shape index (κ2) is 7.46. The highest BCUT2D eigenvalue weighted by atomic mass is 79.9. The second-order valence-corrected chi connectivity index (χ2v) is 11.8. The molecule has 0 heterocycles. The molecule has 2 unspecified atom stereocenters. The van der Waals surface area contributed by atoms with Gasteiger partial charge >= 0.3 is 0 Å². The van der Waals surface area contributed by atoms with Crippen LogP contribution in [0.3, 0.4) is 0 Å². The van der Waals surface area contributed by atoms with E-state index in [1.807, 2.05) is 0 Å². The molecule has 1 spiro atoms. The van der Waals surface area contributed by atoms with E-state index < -0.39 is 5.41 Å². The Labute approximate surface area is 236 Å². The molecule has 0 fully saturated rings. The number of hydrogen-bond acceptors (Lipinski definition) is 0. The van der Waals surface area contributed by atoms with E-state index in [9.17, 15) is 0 Å². The monoisotopic (exact) mass is 558 g/mol. The first-order valence-electron chi connectivity index (χ1n) is 13.6. The molecule has 0 saturated carbocycles. The molecule has 3 aliphatic carbocycles. The van der Waals surface area contributed by atoms with Gasteiger partial charge in [-0.3, -0.25) is 0 Å². The summed E-state index contributed by atoms with van der Waals surface area (Å²) < 4.78 is 1.11. The Bertz CT molecular complexity index is 1980. The van der Waals surface area contributed by atoms with Gasteiger partial charge < -0.3 is 0 Å². The minimum atomic E-state index is -0.405. The van der Waals surface area contributed by atoms with E-state index in [-0.39, 0.29) is 5.41 Å². The smallest absolute Gasteiger partial charge is 0.0622 e. The molecule has 0 aromatic heterocycles. The normalized spacial score (nSPS) is 20.6. The predicted octanol–water partition coefficient (Wildman–Crippen LogP) is 9.49. The largest absolute Gasteiger partial charge is 0.0720 e. The van der Waals surface area contributed by atoms with Crippen molar-refractivity contribution in [3.8, 4) is 22.3 Å². The highest BCUT2D eigenvalue weighted by Crippen LogP contribution is 2.68. The van der Waals surface area contributed by atoms with Gasteiger partial charge in [0, 0.05) is 4.47 Å². The Morgan fingerprint density at radius 2 is 0.872 bits per heavy atom. The van der Waals surface area contributed by atoms with E-state index in [1.54, 1.807) is 0 Å². The summed E-state index contributed by atoms with van der Waals surface area (Å²) in [6.07, 6.45) is 0. The predicted molar refractivity (Wildman–Crippen MR) is 162 cm³/mol. The third-order valence-electron chi connectivity index (χ3n) is 9.41. The number of rotatable bonds is 1. The maximum atomic E-state index is 3.85. The Balaban J connectivity index is 1.56. The minimum Gasteiger partial charge on any atom is -0.0622 e. The standard InChI is InChI=1S/C38H23Br/c39-25-21-22-28-26-13-4-7-17-31(26)38(35(28)23-25)33-19-9-8-18-32(33)37(24-11-2-1-3-12-24)30-16-6-5-14-27(30)29-15-10-20-34(38)36(29)37/h1-23H. The molecule has 0 N–H and O–H groups in total. The summed E-state index contributed by atoms with van der Waals surface area (Å²) in [6, 6.07) is 52.4. The number of hydrogen-bond donors (Lipinski definition) is 0.